The predicted octanol–water partition coefficient (Wildman–Crippen LogP) is -0.126. The van der Waals surface area contributed by atoms with Crippen molar-refractivity contribution >= 4 is 11.8 Å². The summed E-state index contributed by atoms with van der Waals surface area (Å²) in [5.41, 5.74) is 0. The number of aromatic nitrogens is 1. The Labute approximate surface area is 80.5 Å². The lowest BCUT2D eigenvalue weighted by Crippen LogP contribution is -2.36. The predicted molar refractivity (Wildman–Crippen MR) is 48.0 cm³/mol. The Morgan fingerprint density at radius 3 is 3.21 bits per heavy atom. The number of aryl methyl sites for hydroxylation is 1. The van der Waals surface area contributed by atoms with Gasteiger partial charge in [0.1, 0.15) is 5.76 Å². The van der Waals surface area contributed by atoms with Crippen LogP contribution in [-0.4, -0.2) is 35.5 Å². The highest BCUT2D eigenvalue weighted by molar-refractivity contribution is 5.93. The molecule has 1 atom stereocenters. The Balaban J connectivity index is 2.27. The molecule has 0 aromatic carbocycles. The summed E-state index contributed by atoms with van der Waals surface area (Å²) in [6, 6.07) is 1.15. The maximum atomic E-state index is 11.4. The summed E-state index contributed by atoms with van der Waals surface area (Å²) in [4.78, 5) is 12.8. The molecule has 2 heterocycles. The highest BCUT2D eigenvalue weighted by Gasteiger charge is 2.33. The number of carbonyl (C=O) groups is 1. The summed E-state index contributed by atoms with van der Waals surface area (Å²) in [7, 11) is 0. The van der Waals surface area contributed by atoms with Gasteiger partial charge in [0.15, 0.2) is 5.82 Å². The van der Waals surface area contributed by atoms with Crippen molar-refractivity contribution in [3.05, 3.63) is 11.8 Å². The molecule has 2 rings (SSSR count). The number of anilines is 1. The lowest BCUT2D eigenvalue weighted by molar-refractivity contribution is 0.247. The average Bonchev–Trinajstić information content (AvgIpc) is 2.71. The molecule has 2 N–H and O–H groups in total. The second-order valence-electron chi connectivity index (χ2n) is 3.19. The molecule has 14 heavy (non-hydrogen) atoms. The van der Waals surface area contributed by atoms with Crippen molar-refractivity contribution < 1.29 is 14.4 Å². The number of rotatable bonds is 2. The van der Waals surface area contributed by atoms with Gasteiger partial charge in [-0.05, 0) is 6.92 Å². The van der Waals surface area contributed by atoms with E-state index < -0.39 is 0 Å². The molecular formula is C8H11N3O3. The maximum absolute atomic E-state index is 11.4. The Morgan fingerprint density at radius 1 is 1.86 bits per heavy atom. The molecule has 6 heteroatoms. The lowest BCUT2D eigenvalue weighted by atomic mass is 10.3. The highest BCUT2D eigenvalue weighted by atomic mass is 16.5. The normalized spacial score (nSPS) is 21.4. The van der Waals surface area contributed by atoms with Gasteiger partial charge in [0.2, 0.25) is 0 Å². The van der Waals surface area contributed by atoms with Crippen molar-refractivity contribution in [3.63, 3.8) is 0 Å². The van der Waals surface area contributed by atoms with Crippen LogP contribution in [0.25, 0.3) is 0 Å². The Morgan fingerprint density at radius 2 is 2.64 bits per heavy atom. The number of urea groups is 1. The van der Waals surface area contributed by atoms with Gasteiger partial charge in [0, 0.05) is 12.6 Å². The smallest absolute Gasteiger partial charge is 0.323 e. The minimum absolute atomic E-state index is 0.0926. The minimum Gasteiger partial charge on any atom is -0.394 e. The monoisotopic (exact) mass is 197 g/mol. The Kier molecular flexibility index (Phi) is 2.12. The van der Waals surface area contributed by atoms with Crippen LogP contribution in [0.1, 0.15) is 5.76 Å². The fourth-order valence-electron chi connectivity index (χ4n) is 1.45. The van der Waals surface area contributed by atoms with Crippen LogP contribution in [0.5, 0.6) is 0 Å². The molecule has 1 aliphatic heterocycles. The highest BCUT2D eigenvalue weighted by Crippen LogP contribution is 2.19. The van der Waals surface area contributed by atoms with Gasteiger partial charge >= 0.3 is 6.03 Å². The first-order valence-electron chi connectivity index (χ1n) is 4.33. The van der Waals surface area contributed by atoms with E-state index in [1.54, 1.807) is 13.0 Å². The van der Waals surface area contributed by atoms with Crippen LogP contribution in [0.2, 0.25) is 0 Å². The van der Waals surface area contributed by atoms with Gasteiger partial charge in [0.25, 0.3) is 0 Å². The molecule has 1 aliphatic rings. The molecule has 0 aliphatic carbocycles. The first-order chi connectivity index (χ1) is 6.72. The van der Waals surface area contributed by atoms with Crippen LogP contribution in [0.3, 0.4) is 0 Å². The van der Waals surface area contributed by atoms with Gasteiger partial charge in [-0.1, -0.05) is 5.16 Å². The van der Waals surface area contributed by atoms with Crippen molar-refractivity contribution in [2.24, 2.45) is 0 Å². The Bertz CT molecular complexity index is 349. The summed E-state index contributed by atoms with van der Waals surface area (Å²) in [5.74, 6) is 1.08. The number of hydrogen-bond donors (Lipinski definition) is 2. The molecule has 1 fully saturated rings. The Hall–Kier alpha value is -1.56. The van der Waals surface area contributed by atoms with Gasteiger partial charge in [-0.2, -0.15) is 0 Å². The van der Waals surface area contributed by atoms with Gasteiger partial charge in [0.05, 0.1) is 12.6 Å². The van der Waals surface area contributed by atoms with Gasteiger partial charge in [-0.25, -0.2) is 4.79 Å². The summed E-state index contributed by atoms with van der Waals surface area (Å²) >= 11 is 0. The fraction of sp³-hybridized carbons (Fsp3) is 0.500. The third-order valence-corrected chi connectivity index (χ3v) is 2.15. The molecular weight excluding hydrogens is 186 g/mol. The SMILES string of the molecule is Cc1cc(N2C(=O)NCC2CO)no1. The van der Waals surface area contributed by atoms with Crippen molar-refractivity contribution in [1.29, 1.82) is 0 Å². The first kappa shape index (κ1) is 9.01. The summed E-state index contributed by atoms with van der Waals surface area (Å²) in [6.07, 6.45) is 0. The standard InChI is InChI=1S/C8H11N3O3/c1-5-2-7(10-14-5)11-6(4-12)3-9-8(11)13/h2,6,12H,3-4H2,1H3,(H,9,13). The largest absolute Gasteiger partial charge is 0.394 e. The summed E-state index contributed by atoms with van der Waals surface area (Å²) < 4.78 is 4.86. The van der Waals surface area contributed by atoms with E-state index in [0.717, 1.165) is 0 Å². The topological polar surface area (TPSA) is 78.6 Å². The van der Waals surface area contributed by atoms with Crippen molar-refractivity contribution in [1.82, 2.24) is 10.5 Å². The zero-order valence-corrected chi connectivity index (χ0v) is 7.73. The van der Waals surface area contributed by atoms with E-state index in [-0.39, 0.29) is 18.7 Å². The molecule has 1 aromatic rings. The van der Waals surface area contributed by atoms with E-state index in [1.165, 1.54) is 4.90 Å². The van der Waals surface area contributed by atoms with Crippen molar-refractivity contribution in [2.45, 2.75) is 13.0 Å². The van der Waals surface area contributed by atoms with Crippen LogP contribution in [-0.2, 0) is 0 Å². The number of nitrogens with one attached hydrogen (secondary N) is 1. The molecule has 6 nitrogen and oxygen atoms in total. The van der Waals surface area contributed by atoms with Crippen LogP contribution < -0.4 is 10.2 Å². The first-order valence-corrected chi connectivity index (χ1v) is 4.33. The van der Waals surface area contributed by atoms with E-state index in [1.807, 2.05) is 0 Å². The lowest BCUT2D eigenvalue weighted by Gasteiger charge is -2.17. The van der Waals surface area contributed by atoms with E-state index >= 15 is 0 Å². The molecule has 0 bridgehead atoms. The minimum atomic E-state index is -0.257. The van der Waals surface area contributed by atoms with Gasteiger partial charge in [-0.15, -0.1) is 0 Å². The van der Waals surface area contributed by atoms with Crippen LogP contribution in [0.4, 0.5) is 10.6 Å². The summed E-state index contributed by atoms with van der Waals surface area (Å²) in [5, 5.41) is 15.4. The molecule has 1 aromatic heterocycles. The van der Waals surface area contributed by atoms with Crippen LogP contribution >= 0.6 is 0 Å². The molecule has 1 saturated heterocycles. The molecule has 0 spiro atoms. The third-order valence-electron chi connectivity index (χ3n) is 2.15. The third kappa shape index (κ3) is 1.33. The number of aliphatic hydroxyl groups excluding tert-OH is 1. The van der Waals surface area contributed by atoms with Gasteiger partial charge < -0.3 is 14.9 Å². The molecule has 1 unspecified atom stereocenters. The maximum Gasteiger partial charge on any atom is 0.323 e. The zero-order valence-electron chi connectivity index (χ0n) is 7.73. The number of hydrogen-bond acceptors (Lipinski definition) is 4. The molecule has 76 valence electrons. The van der Waals surface area contributed by atoms with Crippen molar-refractivity contribution in [3.8, 4) is 0 Å². The van der Waals surface area contributed by atoms with Crippen LogP contribution in [0, 0.1) is 6.92 Å². The number of aliphatic hydroxyl groups is 1. The number of nitrogens with zero attached hydrogens (tertiary/aromatic N) is 2. The number of amides is 2. The second-order valence-corrected chi connectivity index (χ2v) is 3.19. The van der Waals surface area contributed by atoms with E-state index in [4.69, 9.17) is 9.63 Å². The van der Waals surface area contributed by atoms with Gasteiger partial charge in [-0.3, -0.25) is 4.90 Å². The fourth-order valence-corrected chi connectivity index (χ4v) is 1.45. The van der Waals surface area contributed by atoms with E-state index in [2.05, 4.69) is 10.5 Å². The zero-order chi connectivity index (χ0) is 10.1. The molecule has 2 amide bonds. The second kappa shape index (κ2) is 3.30. The van der Waals surface area contributed by atoms with Crippen molar-refractivity contribution in [2.75, 3.05) is 18.1 Å². The van der Waals surface area contributed by atoms with E-state index in [0.29, 0.717) is 18.1 Å². The average molecular weight is 197 g/mol. The molecule has 0 radical (unpaired) electrons. The van der Waals surface area contributed by atoms with Crippen LogP contribution in [0.15, 0.2) is 10.6 Å². The molecule has 0 saturated carbocycles. The quantitative estimate of drug-likeness (QED) is 0.692. The summed E-state index contributed by atoms with van der Waals surface area (Å²) in [6.45, 7) is 2.09. The number of carbonyl (C=O) groups excluding carboxylic acids is 1. The van der Waals surface area contributed by atoms with E-state index in [9.17, 15) is 4.79 Å².